The number of hydrogen-bond acceptors (Lipinski definition) is 6. The third kappa shape index (κ3) is 3.64. The number of benzene rings is 1. The second-order valence-corrected chi connectivity index (χ2v) is 7.41. The van der Waals surface area contributed by atoms with Crippen molar-refractivity contribution in [2.24, 2.45) is 0 Å². The number of nitrogens with one attached hydrogen (secondary N) is 1. The molecule has 1 aromatic carbocycles. The van der Waals surface area contributed by atoms with Crippen molar-refractivity contribution < 1.29 is 14.5 Å². The van der Waals surface area contributed by atoms with Crippen molar-refractivity contribution in [1.82, 2.24) is 4.90 Å². The predicted octanol–water partition coefficient (Wildman–Crippen LogP) is 2.37. The Morgan fingerprint density at radius 2 is 2.12 bits per heavy atom. The van der Waals surface area contributed by atoms with E-state index in [1.807, 2.05) is 0 Å². The summed E-state index contributed by atoms with van der Waals surface area (Å²) in [5.41, 5.74) is 0.769. The topological polar surface area (TPSA) is 84.7 Å². The zero-order valence-corrected chi connectivity index (χ0v) is 14.4. The van der Waals surface area contributed by atoms with Crippen LogP contribution in [0.25, 0.3) is 0 Å². The third-order valence-electron chi connectivity index (χ3n) is 4.58. The molecule has 1 aromatic rings. The largest absolute Gasteiger partial charge is 0.378 e. The molecule has 0 spiro atoms. The van der Waals surface area contributed by atoms with Gasteiger partial charge in [-0.2, -0.15) is 11.8 Å². The molecule has 1 heterocycles. The molecular weight excluding hydrogens is 330 g/mol. The van der Waals surface area contributed by atoms with Crippen molar-refractivity contribution in [2.75, 3.05) is 44.4 Å². The van der Waals surface area contributed by atoms with Crippen LogP contribution < -0.4 is 5.32 Å². The van der Waals surface area contributed by atoms with Crippen LogP contribution in [-0.4, -0.2) is 59.6 Å². The zero-order chi connectivity index (χ0) is 17.2. The minimum absolute atomic E-state index is 0.0500. The lowest BCUT2D eigenvalue weighted by atomic mass is 10.1. The summed E-state index contributed by atoms with van der Waals surface area (Å²) in [6, 6.07) is 4.67. The summed E-state index contributed by atoms with van der Waals surface area (Å²) in [6.07, 6.45) is 4.32. The van der Waals surface area contributed by atoms with Crippen LogP contribution in [0.2, 0.25) is 0 Å². The minimum atomic E-state index is -0.433. The minimum Gasteiger partial charge on any atom is -0.378 e. The average molecular weight is 351 g/mol. The van der Waals surface area contributed by atoms with E-state index in [4.69, 9.17) is 4.74 Å². The summed E-state index contributed by atoms with van der Waals surface area (Å²) in [7, 11) is 0. The van der Waals surface area contributed by atoms with Gasteiger partial charge in [0.2, 0.25) is 0 Å². The van der Waals surface area contributed by atoms with E-state index >= 15 is 0 Å². The van der Waals surface area contributed by atoms with Gasteiger partial charge in [-0.3, -0.25) is 14.9 Å². The van der Waals surface area contributed by atoms with Crippen molar-refractivity contribution >= 4 is 29.0 Å². The van der Waals surface area contributed by atoms with Gasteiger partial charge >= 0.3 is 0 Å². The lowest BCUT2D eigenvalue weighted by molar-refractivity contribution is -0.384. The maximum Gasteiger partial charge on any atom is 0.293 e. The Bertz CT molecular complexity index is 642. The van der Waals surface area contributed by atoms with Crippen LogP contribution in [0.4, 0.5) is 11.4 Å². The molecule has 0 unspecified atom stereocenters. The quantitative estimate of drug-likeness (QED) is 0.626. The molecule has 1 aliphatic heterocycles. The summed E-state index contributed by atoms with van der Waals surface area (Å²) in [6.45, 7) is 2.74. The Hall–Kier alpha value is -1.80. The molecule has 8 heteroatoms. The van der Waals surface area contributed by atoms with Gasteiger partial charge in [0.15, 0.2) is 0 Å². The molecule has 0 aromatic heterocycles. The van der Waals surface area contributed by atoms with E-state index in [1.165, 1.54) is 6.07 Å². The van der Waals surface area contributed by atoms with Gasteiger partial charge in [-0.1, -0.05) is 0 Å². The summed E-state index contributed by atoms with van der Waals surface area (Å²) in [5.74, 6) is -0.185. The molecule has 0 radical (unpaired) electrons. The Balaban J connectivity index is 1.76. The fraction of sp³-hybridized carbons (Fsp3) is 0.562. The van der Waals surface area contributed by atoms with Crippen LogP contribution in [0, 0.1) is 10.1 Å². The molecule has 7 nitrogen and oxygen atoms in total. The van der Waals surface area contributed by atoms with E-state index in [2.05, 4.69) is 11.6 Å². The van der Waals surface area contributed by atoms with Crippen LogP contribution >= 0.6 is 11.8 Å². The van der Waals surface area contributed by atoms with Gasteiger partial charge < -0.3 is 15.0 Å². The number of nitro groups is 1. The van der Waals surface area contributed by atoms with Gasteiger partial charge in [0, 0.05) is 36.0 Å². The first kappa shape index (κ1) is 17.0. The van der Waals surface area contributed by atoms with Crippen molar-refractivity contribution in [2.45, 2.75) is 17.6 Å². The first-order valence-electron chi connectivity index (χ1n) is 7.99. The lowest BCUT2D eigenvalue weighted by Gasteiger charge is -2.26. The third-order valence-corrected chi connectivity index (χ3v) is 6.00. The van der Waals surface area contributed by atoms with Gasteiger partial charge in [0.25, 0.3) is 11.6 Å². The Labute approximate surface area is 144 Å². The summed E-state index contributed by atoms with van der Waals surface area (Å²) in [5, 5.41) is 14.6. The maximum absolute atomic E-state index is 12.5. The Kier molecular flexibility index (Phi) is 4.96. The molecule has 0 atom stereocenters. The van der Waals surface area contributed by atoms with Gasteiger partial charge in [0.1, 0.15) is 5.69 Å². The van der Waals surface area contributed by atoms with Crippen LogP contribution in [0.1, 0.15) is 23.2 Å². The number of rotatable bonds is 6. The first-order chi connectivity index (χ1) is 11.5. The van der Waals surface area contributed by atoms with Gasteiger partial charge in [-0.05, 0) is 31.2 Å². The molecule has 0 bridgehead atoms. The smallest absolute Gasteiger partial charge is 0.293 e. The number of morpholine rings is 1. The highest BCUT2D eigenvalue weighted by Gasteiger charge is 2.41. The molecular formula is C16H21N3O4S. The first-order valence-corrected chi connectivity index (χ1v) is 9.22. The number of hydrogen-bond donors (Lipinski definition) is 1. The summed E-state index contributed by atoms with van der Waals surface area (Å²) in [4.78, 5) is 25.1. The van der Waals surface area contributed by atoms with Crippen LogP contribution in [0.5, 0.6) is 0 Å². The summed E-state index contributed by atoms with van der Waals surface area (Å²) < 4.78 is 5.44. The van der Waals surface area contributed by atoms with Crippen LogP contribution in [0.3, 0.4) is 0 Å². The highest BCUT2D eigenvalue weighted by Crippen LogP contribution is 2.47. The van der Waals surface area contributed by atoms with Crippen LogP contribution in [-0.2, 0) is 4.74 Å². The van der Waals surface area contributed by atoms with Gasteiger partial charge in [-0.15, -0.1) is 0 Å². The SMILES string of the molecule is CSC1(CNc2ccc(C(=O)N3CCOCC3)cc2[N+](=O)[O-])CC1. The number of carbonyl (C=O) groups excluding carboxylic acids is 1. The molecule has 1 aliphatic carbocycles. The van der Waals surface area contributed by atoms with Gasteiger partial charge in [0.05, 0.1) is 18.1 Å². The molecule has 3 rings (SSSR count). The number of nitrogens with zero attached hydrogens (tertiary/aromatic N) is 2. The van der Waals surface area contributed by atoms with E-state index in [0.717, 1.165) is 12.8 Å². The van der Waals surface area contributed by atoms with Crippen molar-refractivity contribution in [3.8, 4) is 0 Å². The van der Waals surface area contributed by atoms with E-state index in [-0.39, 0.29) is 16.3 Å². The van der Waals surface area contributed by atoms with E-state index < -0.39 is 4.92 Å². The summed E-state index contributed by atoms with van der Waals surface area (Å²) >= 11 is 1.79. The molecule has 2 fully saturated rings. The second-order valence-electron chi connectivity index (χ2n) is 6.13. The number of anilines is 1. The van der Waals surface area contributed by atoms with Crippen molar-refractivity contribution in [1.29, 1.82) is 0 Å². The number of thioether (sulfide) groups is 1. The normalized spacial score (nSPS) is 19.0. The van der Waals surface area contributed by atoms with E-state index in [1.54, 1.807) is 28.8 Å². The molecule has 2 aliphatic rings. The number of nitro benzene ring substituents is 1. The Morgan fingerprint density at radius 1 is 1.42 bits per heavy atom. The van der Waals surface area contributed by atoms with E-state index in [0.29, 0.717) is 44.1 Å². The maximum atomic E-state index is 12.5. The zero-order valence-electron chi connectivity index (χ0n) is 13.6. The standard InChI is InChI=1S/C16H21N3O4S/c1-24-16(4-5-16)11-17-13-3-2-12(10-14(13)19(21)22)15(20)18-6-8-23-9-7-18/h2-3,10,17H,4-9,11H2,1H3. The van der Waals surface area contributed by atoms with Gasteiger partial charge in [-0.25, -0.2) is 0 Å². The molecule has 1 saturated heterocycles. The number of ether oxygens (including phenoxy) is 1. The van der Waals surface area contributed by atoms with E-state index in [9.17, 15) is 14.9 Å². The number of carbonyl (C=O) groups is 1. The van der Waals surface area contributed by atoms with Crippen molar-refractivity contribution in [3.05, 3.63) is 33.9 Å². The van der Waals surface area contributed by atoms with Crippen molar-refractivity contribution in [3.63, 3.8) is 0 Å². The molecule has 1 saturated carbocycles. The molecule has 1 amide bonds. The predicted molar refractivity (Wildman–Crippen MR) is 93.8 cm³/mol. The molecule has 1 N–H and O–H groups in total. The lowest BCUT2D eigenvalue weighted by Crippen LogP contribution is -2.40. The highest BCUT2D eigenvalue weighted by molar-refractivity contribution is 8.00. The fourth-order valence-electron chi connectivity index (χ4n) is 2.76. The Morgan fingerprint density at radius 3 is 2.71 bits per heavy atom. The molecule has 24 heavy (non-hydrogen) atoms. The number of amides is 1. The monoisotopic (exact) mass is 351 g/mol. The fourth-order valence-corrected chi connectivity index (χ4v) is 3.49. The highest BCUT2D eigenvalue weighted by atomic mass is 32.2. The average Bonchev–Trinajstić information content (AvgIpc) is 3.40. The van der Waals surface area contributed by atoms with Crippen LogP contribution in [0.15, 0.2) is 18.2 Å². The second kappa shape index (κ2) is 6.98. The molecule has 130 valence electrons.